The van der Waals surface area contributed by atoms with Crippen molar-refractivity contribution in [3.63, 3.8) is 0 Å². The maximum absolute atomic E-state index is 4.45. The lowest BCUT2D eigenvalue weighted by Gasteiger charge is -2.06. The first kappa shape index (κ1) is 9.72. The summed E-state index contributed by atoms with van der Waals surface area (Å²) in [5, 5.41) is 3.37. The lowest BCUT2D eigenvalue weighted by Crippen LogP contribution is -1.99. The highest BCUT2D eigenvalue weighted by Crippen LogP contribution is 2.15. The van der Waals surface area contributed by atoms with E-state index >= 15 is 0 Å². The van der Waals surface area contributed by atoms with E-state index in [-0.39, 0.29) is 0 Å². The molecule has 0 radical (unpaired) electrons. The van der Waals surface area contributed by atoms with Crippen LogP contribution in [0.5, 0.6) is 0 Å². The van der Waals surface area contributed by atoms with Gasteiger partial charge in [0.25, 0.3) is 0 Å². The van der Waals surface area contributed by atoms with E-state index in [9.17, 15) is 0 Å². The van der Waals surface area contributed by atoms with Crippen molar-refractivity contribution in [2.24, 2.45) is 5.92 Å². The van der Waals surface area contributed by atoms with Crippen LogP contribution in [-0.2, 0) is 6.42 Å². The maximum Gasteiger partial charge on any atom is 0.0897 e. The van der Waals surface area contributed by atoms with E-state index < -0.39 is 0 Å². The molecular weight excluding hydrogens is 166 g/mol. The minimum atomic E-state index is 0.788. The molecule has 0 aliphatic rings. The van der Waals surface area contributed by atoms with E-state index in [0.717, 1.165) is 12.3 Å². The van der Waals surface area contributed by atoms with Gasteiger partial charge >= 0.3 is 0 Å². The van der Waals surface area contributed by atoms with E-state index in [1.807, 2.05) is 0 Å². The monoisotopic (exact) mass is 183 g/mol. The fourth-order valence-electron chi connectivity index (χ4n) is 1.45. The molecule has 1 atom stereocenters. The standard InChI is InChI=1S/C10H17NS/c1-4-5-8(2)6-10-7-12-9(3)11-10/h7-8H,4-6H2,1-3H3. The highest BCUT2D eigenvalue weighted by Gasteiger charge is 2.04. The van der Waals surface area contributed by atoms with Crippen LogP contribution in [-0.4, -0.2) is 4.98 Å². The van der Waals surface area contributed by atoms with Crippen molar-refractivity contribution < 1.29 is 0 Å². The SMILES string of the molecule is CCCC(C)Cc1csc(C)n1. The first-order valence-electron chi connectivity index (χ1n) is 4.63. The zero-order valence-electron chi connectivity index (χ0n) is 8.13. The molecular formula is C10H17NS. The Balaban J connectivity index is 2.41. The molecule has 1 rings (SSSR count). The van der Waals surface area contributed by atoms with Crippen molar-refractivity contribution in [2.45, 2.75) is 40.0 Å². The van der Waals surface area contributed by atoms with Gasteiger partial charge in [0.15, 0.2) is 0 Å². The lowest BCUT2D eigenvalue weighted by molar-refractivity contribution is 0.517. The highest BCUT2D eigenvalue weighted by atomic mass is 32.1. The molecule has 1 aromatic rings. The third-order valence-electron chi connectivity index (χ3n) is 2.01. The molecule has 0 aliphatic heterocycles. The summed E-state index contributed by atoms with van der Waals surface area (Å²) in [7, 11) is 0. The van der Waals surface area contributed by atoms with Crippen LogP contribution in [0, 0.1) is 12.8 Å². The van der Waals surface area contributed by atoms with Gasteiger partial charge in [-0.05, 0) is 19.3 Å². The van der Waals surface area contributed by atoms with Gasteiger partial charge in [0.2, 0.25) is 0 Å². The van der Waals surface area contributed by atoms with Gasteiger partial charge in [-0.2, -0.15) is 0 Å². The molecule has 1 unspecified atom stereocenters. The van der Waals surface area contributed by atoms with Crippen molar-refractivity contribution >= 4 is 11.3 Å². The van der Waals surface area contributed by atoms with Crippen molar-refractivity contribution in [3.05, 3.63) is 16.1 Å². The first-order valence-corrected chi connectivity index (χ1v) is 5.51. The van der Waals surface area contributed by atoms with Gasteiger partial charge in [0.1, 0.15) is 0 Å². The summed E-state index contributed by atoms with van der Waals surface area (Å²) in [4.78, 5) is 4.45. The van der Waals surface area contributed by atoms with Crippen molar-refractivity contribution in [3.8, 4) is 0 Å². The Morgan fingerprint density at radius 1 is 1.58 bits per heavy atom. The molecule has 0 saturated heterocycles. The number of aromatic nitrogens is 1. The first-order chi connectivity index (χ1) is 5.72. The van der Waals surface area contributed by atoms with Crippen LogP contribution >= 0.6 is 11.3 Å². The average molecular weight is 183 g/mol. The lowest BCUT2D eigenvalue weighted by atomic mass is 10.0. The Bertz CT molecular complexity index is 229. The molecule has 2 heteroatoms. The average Bonchev–Trinajstić information content (AvgIpc) is 2.36. The van der Waals surface area contributed by atoms with Crippen LogP contribution in [0.15, 0.2) is 5.38 Å². The molecule has 0 amide bonds. The van der Waals surface area contributed by atoms with Gasteiger partial charge in [0.05, 0.1) is 10.7 Å². The third-order valence-corrected chi connectivity index (χ3v) is 2.83. The second-order valence-corrected chi connectivity index (χ2v) is 4.52. The molecule has 0 N–H and O–H groups in total. The van der Waals surface area contributed by atoms with Crippen molar-refractivity contribution in [1.29, 1.82) is 0 Å². The Hall–Kier alpha value is -0.370. The number of nitrogens with zero attached hydrogens (tertiary/aromatic N) is 1. The molecule has 1 heterocycles. The van der Waals surface area contributed by atoms with Crippen LogP contribution in [0.4, 0.5) is 0 Å². The predicted molar refractivity (Wildman–Crippen MR) is 54.6 cm³/mol. The van der Waals surface area contributed by atoms with Gasteiger partial charge in [-0.25, -0.2) is 4.98 Å². The molecule has 12 heavy (non-hydrogen) atoms. The maximum atomic E-state index is 4.45. The summed E-state index contributed by atoms with van der Waals surface area (Å²) in [6.07, 6.45) is 3.75. The molecule has 68 valence electrons. The molecule has 0 bridgehead atoms. The minimum Gasteiger partial charge on any atom is -0.247 e. The van der Waals surface area contributed by atoms with E-state index in [2.05, 4.69) is 31.1 Å². The molecule has 0 fully saturated rings. The van der Waals surface area contributed by atoms with Crippen LogP contribution < -0.4 is 0 Å². The summed E-state index contributed by atoms with van der Waals surface area (Å²) in [5.41, 5.74) is 1.28. The van der Waals surface area contributed by atoms with Crippen LogP contribution in [0.3, 0.4) is 0 Å². The van der Waals surface area contributed by atoms with E-state index in [1.165, 1.54) is 23.5 Å². The Morgan fingerprint density at radius 3 is 2.83 bits per heavy atom. The summed E-state index contributed by atoms with van der Waals surface area (Å²) in [6, 6.07) is 0. The predicted octanol–water partition coefficient (Wildman–Crippen LogP) is 3.43. The number of hydrogen-bond donors (Lipinski definition) is 0. The fourth-order valence-corrected chi connectivity index (χ4v) is 2.08. The van der Waals surface area contributed by atoms with Gasteiger partial charge in [-0.1, -0.05) is 26.7 Å². The Kier molecular flexibility index (Phi) is 3.73. The molecule has 0 aromatic carbocycles. The Morgan fingerprint density at radius 2 is 2.33 bits per heavy atom. The summed E-state index contributed by atoms with van der Waals surface area (Å²) >= 11 is 1.75. The normalized spacial score (nSPS) is 13.2. The Labute approximate surface area is 78.8 Å². The third kappa shape index (κ3) is 2.94. The quantitative estimate of drug-likeness (QED) is 0.697. The van der Waals surface area contributed by atoms with E-state index in [1.54, 1.807) is 11.3 Å². The fraction of sp³-hybridized carbons (Fsp3) is 0.700. The van der Waals surface area contributed by atoms with E-state index in [4.69, 9.17) is 0 Å². The topological polar surface area (TPSA) is 12.9 Å². The smallest absolute Gasteiger partial charge is 0.0897 e. The van der Waals surface area contributed by atoms with Gasteiger partial charge < -0.3 is 0 Å². The number of aryl methyl sites for hydroxylation is 1. The van der Waals surface area contributed by atoms with Crippen molar-refractivity contribution in [1.82, 2.24) is 4.98 Å². The van der Waals surface area contributed by atoms with Crippen LogP contribution in [0.1, 0.15) is 37.4 Å². The van der Waals surface area contributed by atoms with Crippen LogP contribution in [0.2, 0.25) is 0 Å². The molecule has 0 spiro atoms. The molecule has 1 aromatic heterocycles. The number of thiazole rings is 1. The molecule has 0 saturated carbocycles. The zero-order valence-corrected chi connectivity index (χ0v) is 8.95. The minimum absolute atomic E-state index is 0.788. The van der Waals surface area contributed by atoms with Gasteiger partial charge in [-0.15, -0.1) is 11.3 Å². The summed E-state index contributed by atoms with van der Waals surface area (Å²) in [5.74, 6) is 0.788. The largest absolute Gasteiger partial charge is 0.247 e. The summed E-state index contributed by atoms with van der Waals surface area (Å²) in [6.45, 7) is 6.61. The van der Waals surface area contributed by atoms with Crippen molar-refractivity contribution in [2.75, 3.05) is 0 Å². The van der Waals surface area contributed by atoms with E-state index in [0.29, 0.717) is 0 Å². The summed E-state index contributed by atoms with van der Waals surface area (Å²) < 4.78 is 0. The highest BCUT2D eigenvalue weighted by molar-refractivity contribution is 7.09. The second kappa shape index (κ2) is 4.61. The molecule has 0 aliphatic carbocycles. The van der Waals surface area contributed by atoms with Gasteiger partial charge in [-0.3, -0.25) is 0 Å². The zero-order chi connectivity index (χ0) is 8.97. The second-order valence-electron chi connectivity index (χ2n) is 3.46. The number of rotatable bonds is 4. The molecule has 1 nitrogen and oxygen atoms in total. The van der Waals surface area contributed by atoms with Crippen LogP contribution in [0.25, 0.3) is 0 Å². The van der Waals surface area contributed by atoms with Gasteiger partial charge in [0, 0.05) is 5.38 Å². The number of hydrogen-bond acceptors (Lipinski definition) is 2.